The normalized spacial score (nSPS) is 21.8. The zero-order valence-corrected chi connectivity index (χ0v) is 23.0. The average Bonchev–Trinajstić information content (AvgIpc) is 2.84. The fourth-order valence-corrected chi connectivity index (χ4v) is 5.54. The third kappa shape index (κ3) is 7.14. The maximum atomic E-state index is 12.0. The van der Waals surface area contributed by atoms with Gasteiger partial charge < -0.3 is 19.9 Å². The van der Waals surface area contributed by atoms with Crippen LogP contribution in [0.1, 0.15) is 52.5 Å². The van der Waals surface area contributed by atoms with E-state index in [4.69, 9.17) is 4.74 Å². The van der Waals surface area contributed by atoms with Gasteiger partial charge in [-0.2, -0.15) is 0 Å². The van der Waals surface area contributed by atoms with Gasteiger partial charge in [0.05, 0.1) is 19.8 Å². The summed E-state index contributed by atoms with van der Waals surface area (Å²) in [7, 11) is 0. The number of ether oxygens (including phenoxy) is 1. The van der Waals surface area contributed by atoms with Gasteiger partial charge in [-0.25, -0.2) is 0 Å². The Labute approximate surface area is 218 Å². The lowest BCUT2D eigenvalue weighted by Gasteiger charge is -2.38. The van der Waals surface area contributed by atoms with Crippen molar-refractivity contribution in [3.8, 4) is 0 Å². The third-order valence-electron chi connectivity index (χ3n) is 7.79. The molecule has 35 heavy (non-hydrogen) atoms. The molecule has 1 N–H and O–H groups in total. The summed E-state index contributed by atoms with van der Waals surface area (Å²) in [6.45, 7) is 17.6. The molecule has 196 valence electrons. The molecule has 2 saturated heterocycles. The second-order valence-corrected chi connectivity index (χ2v) is 11.1. The van der Waals surface area contributed by atoms with E-state index in [9.17, 15) is 4.79 Å². The Bertz CT molecular complexity index is 868. The number of morpholine rings is 1. The summed E-state index contributed by atoms with van der Waals surface area (Å²) in [6.07, 6.45) is 6.10. The highest BCUT2D eigenvalue weighted by Crippen LogP contribution is 2.42. The molecule has 1 unspecified atom stereocenters. The van der Waals surface area contributed by atoms with Crippen LogP contribution in [0, 0.1) is 11.3 Å². The standard InChI is InChI=1S/C28H44N4O2.ClH/c1-5-29-27(33)21-30-12-14-32(15-13-30)26-11-10-24(31-16-18-34-19-17-31)20-25(26)22-6-8-23(9-7-22)28(2,3)4;/h6,10-11,20,23H,5,7-9,12-19,21H2,1-4H3,(H,29,33);1H. The molecule has 4 rings (SSSR count). The van der Waals surface area contributed by atoms with E-state index in [1.54, 1.807) is 0 Å². The van der Waals surface area contributed by atoms with Gasteiger partial charge in [-0.3, -0.25) is 9.69 Å². The highest BCUT2D eigenvalue weighted by Gasteiger charge is 2.28. The molecule has 2 aliphatic heterocycles. The first-order chi connectivity index (χ1) is 16.3. The van der Waals surface area contributed by atoms with Crippen molar-refractivity contribution in [3.05, 3.63) is 29.8 Å². The van der Waals surface area contributed by atoms with Crippen LogP contribution in [0.15, 0.2) is 24.3 Å². The number of nitrogens with one attached hydrogen (secondary N) is 1. The average molecular weight is 505 g/mol. The van der Waals surface area contributed by atoms with Crippen molar-refractivity contribution in [1.29, 1.82) is 0 Å². The Balaban J connectivity index is 0.00000342. The molecular weight excluding hydrogens is 460 g/mol. The molecule has 0 aromatic heterocycles. The monoisotopic (exact) mass is 504 g/mol. The van der Waals surface area contributed by atoms with Crippen LogP contribution in [-0.2, 0) is 9.53 Å². The molecule has 0 saturated carbocycles. The van der Waals surface area contributed by atoms with Crippen LogP contribution in [0.5, 0.6) is 0 Å². The second-order valence-electron chi connectivity index (χ2n) is 11.1. The molecule has 3 aliphatic rings. The number of carbonyl (C=O) groups excluding carboxylic acids is 1. The van der Waals surface area contributed by atoms with E-state index in [2.05, 4.69) is 65.1 Å². The van der Waals surface area contributed by atoms with Crippen LogP contribution >= 0.6 is 12.4 Å². The van der Waals surface area contributed by atoms with Crippen molar-refractivity contribution >= 4 is 35.3 Å². The summed E-state index contributed by atoms with van der Waals surface area (Å²) < 4.78 is 5.59. The van der Waals surface area contributed by atoms with E-state index in [0.29, 0.717) is 18.5 Å². The number of piperazine rings is 1. The lowest BCUT2D eigenvalue weighted by atomic mass is 9.72. The molecule has 6 nitrogen and oxygen atoms in total. The smallest absolute Gasteiger partial charge is 0.234 e. The number of anilines is 2. The number of hydrogen-bond donors (Lipinski definition) is 1. The summed E-state index contributed by atoms with van der Waals surface area (Å²) in [5.41, 5.74) is 5.95. The van der Waals surface area contributed by atoms with E-state index >= 15 is 0 Å². The minimum absolute atomic E-state index is 0. The highest BCUT2D eigenvalue weighted by atomic mass is 35.5. The molecular formula is C28H45ClN4O2. The Morgan fingerprint density at radius 1 is 1.06 bits per heavy atom. The molecule has 2 heterocycles. The fraction of sp³-hybridized carbons (Fsp3) is 0.679. The Kier molecular flexibility index (Phi) is 9.91. The van der Waals surface area contributed by atoms with Crippen molar-refractivity contribution in [2.45, 2.75) is 47.0 Å². The fourth-order valence-electron chi connectivity index (χ4n) is 5.54. The van der Waals surface area contributed by atoms with E-state index in [1.165, 1.54) is 35.4 Å². The number of carbonyl (C=O) groups is 1. The first kappa shape index (κ1) is 27.8. The van der Waals surface area contributed by atoms with Gasteiger partial charge in [0.15, 0.2) is 0 Å². The first-order valence-corrected chi connectivity index (χ1v) is 13.3. The third-order valence-corrected chi connectivity index (χ3v) is 7.79. The van der Waals surface area contributed by atoms with Crippen molar-refractivity contribution < 1.29 is 9.53 Å². The Morgan fingerprint density at radius 2 is 1.77 bits per heavy atom. The number of allylic oxidation sites excluding steroid dienone is 2. The van der Waals surface area contributed by atoms with Crippen LogP contribution in [0.2, 0.25) is 0 Å². The van der Waals surface area contributed by atoms with Crippen LogP contribution in [0.25, 0.3) is 5.57 Å². The number of benzene rings is 1. The predicted octanol–water partition coefficient (Wildman–Crippen LogP) is 4.43. The molecule has 7 heteroatoms. The number of rotatable bonds is 6. The van der Waals surface area contributed by atoms with Crippen LogP contribution in [0.3, 0.4) is 0 Å². The lowest BCUT2D eigenvalue weighted by Crippen LogP contribution is -2.49. The van der Waals surface area contributed by atoms with Gasteiger partial charge in [0.2, 0.25) is 5.91 Å². The van der Waals surface area contributed by atoms with Crippen molar-refractivity contribution in [1.82, 2.24) is 10.2 Å². The number of likely N-dealkylation sites (N-methyl/N-ethyl adjacent to an activating group) is 1. The number of halogens is 1. The summed E-state index contributed by atoms with van der Waals surface area (Å²) in [4.78, 5) is 19.3. The zero-order valence-electron chi connectivity index (χ0n) is 22.1. The van der Waals surface area contributed by atoms with Crippen molar-refractivity contribution in [3.63, 3.8) is 0 Å². The Hall–Kier alpha value is -1.76. The molecule has 0 bridgehead atoms. The molecule has 0 radical (unpaired) electrons. The van der Waals surface area contributed by atoms with Gasteiger partial charge in [-0.15, -0.1) is 12.4 Å². The van der Waals surface area contributed by atoms with Gasteiger partial charge in [0.1, 0.15) is 0 Å². The number of nitrogens with zero attached hydrogens (tertiary/aromatic N) is 3. The molecule has 0 spiro atoms. The zero-order chi connectivity index (χ0) is 24.1. The summed E-state index contributed by atoms with van der Waals surface area (Å²) in [6, 6.07) is 7.08. The van der Waals surface area contributed by atoms with Crippen LogP contribution in [0.4, 0.5) is 11.4 Å². The maximum Gasteiger partial charge on any atom is 0.234 e. The largest absolute Gasteiger partial charge is 0.378 e. The van der Waals surface area contributed by atoms with Crippen molar-refractivity contribution in [2.24, 2.45) is 11.3 Å². The quantitative estimate of drug-likeness (QED) is 0.621. The number of hydrogen-bond acceptors (Lipinski definition) is 5. The van der Waals surface area contributed by atoms with E-state index in [-0.39, 0.29) is 18.3 Å². The topological polar surface area (TPSA) is 48.1 Å². The van der Waals surface area contributed by atoms with Crippen LogP contribution < -0.4 is 15.1 Å². The highest BCUT2D eigenvalue weighted by molar-refractivity contribution is 5.85. The van der Waals surface area contributed by atoms with E-state index in [1.807, 2.05) is 6.92 Å². The van der Waals surface area contributed by atoms with E-state index < -0.39 is 0 Å². The van der Waals surface area contributed by atoms with Gasteiger partial charge in [-0.1, -0.05) is 26.8 Å². The molecule has 2 fully saturated rings. The summed E-state index contributed by atoms with van der Waals surface area (Å²) in [5, 5.41) is 2.92. The molecule has 1 aromatic carbocycles. The number of amides is 1. The van der Waals surface area contributed by atoms with Gasteiger partial charge in [-0.05, 0) is 61.3 Å². The molecule has 1 amide bonds. The van der Waals surface area contributed by atoms with Gasteiger partial charge >= 0.3 is 0 Å². The minimum atomic E-state index is 0. The maximum absolute atomic E-state index is 12.0. The Morgan fingerprint density at radius 3 is 2.37 bits per heavy atom. The van der Waals surface area contributed by atoms with Crippen LogP contribution in [-0.4, -0.2) is 76.4 Å². The molecule has 1 atom stereocenters. The van der Waals surface area contributed by atoms with E-state index in [0.717, 1.165) is 64.8 Å². The van der Waals surface area contributed by atoms with Crippen molar-refractivity contribution in [2.75, 3.05) is 75.4 Å². The minimum Gasteiger partial charge on any atom is -0.378 e. The summed E-state index contributed by atoms with van der Waals surface area (Å²) >= 11 is 0. The predicted molar refractivity (Wildman–Crippen MR) is 149 cm³/mol. The lowest BCUT2D eigenvalue weighted by molar-refractivity contribution is -0.122. The first-order valence-electron chi connectivity index (χ1n) is 13.3. The molecule has 1 aromatic rings. The SMILES string of the molecule is CCNC(=O)CN1CCN(c2ccc(N3CCOCC3)cc2C2=CCC(C(C)(C)C)CC2)CC1.Cl. The van der Waals surface area contributed by atoms with Gasteiger partial charge in [0.25, 0.3) is 0 Å². The summed E-state index contributed by atoms with van der Waals surface area (Å²) in [5.74, 6) is 0.882. The molecule has 1 aliphatic carbocycles. The van der Waals surface area contributed by atoms with Gasteiger partial charge in [0, 0.05) is 62.8 Å². The second kappa shape index (κ2) is 12.5.